The first kappa shape index (κ1) is 30.6. The van der Waals surface area contributed by atoms with Crippen LogP contribution < -0.4 is 5.32 Å². The smallest absolute Gasteiger partial charge is 0.0701 e. The first-order valence-corrected chi connectivity index (χ1v) is 12.0. The second-order valence-corrected chi connectivity index (χ2v) is 6.87. The van der Waals surface area contributed by atoms with Crippen molar-refractivity contribution in [1.29, 1.82) is 0 Å². The molecule has 1 aliphatic rings. The quantitative estimate of drug-likeness (QED) is 0.493. The lowest BCUT2D eigenvalue weighted by atomic mass is 10.6. The van der Waals surface area contributed by atoms with Crippen molar-refractivity contribution < 1.29 is 47.4 Å². The van der Waals surface area contributed by atoms with Gasteiger partial charge in [0.15, 0.2) is 0 Å². The predicted molar refractivity (Wildman–Crippen MR) is 121 cm³/mol. The van der Waals surface area contributed by atoms with Crippen LogP contribution in [0, 0.1) is 0 Å². The van der Waals surface area contributed by atoms with Gasteiger partial charge in [0.05, 0.1) is 132 Å². The Morgan fingerprint density at radius 2 is 0.364 bits per heavy atom. The van der Waals surface area contributed by atoms with Gasteiger partial charge in [-0.2, -0.15) is 0 Å². The number of rotatable bonds is 0. The van der Waals surface area contributed by atoms with Gasteiger partial charge in [0.1, 0.15) is 0 Å². The van der Waals surface area contributed by atoms with Crippen LogP contribution in [0.3, 0.4) is 0 Å². The second kappa shape index (κ2) is 27.8. The molecule has 0 amide bonds. The van der Waals surface area contributed by atoms with Gasteiger partial charge in [-0.1, -0.05) is 0 Å². The van der Waals surface area contributed by atoms with Crippen molar-refractivity contribution >= 4 is 0 Å². The van der Waals surface area contributed by atoms with Crippen molar-refractivity contribution in [3.05, 3.63) is 0 Å². The van der Waals surface area contributed by atoms with Crippen LogP contribution in [-0.4, -0.2) is 145 Å². The Morgan fingerprint density at radius 1 is 0.212 bits per heavy atom. The van der Waals surface area contributed by atoms with Crippen LogP contribution in [0.1, 0.15) is 0 Å². The van der Waals surface area contributed by atoms with Crippen LogP contribution in [0.4, 0.5) is 0 Å². The molecule has 1 heterocycles. The fourth-order valence-electron chi connectivity index (χ4n) is 2.49. The number of nitrogens with one attached hydrogen (secondary N) is 1. The van der Waals surface area contributed by atoms with Crippen molar-refractivity contribution in [3.8, 4) is 0 Å². The van der Waals surface area contributed by atoms with Gasteiger partial charge in [0, 0.05) is 13.1 Å². The highest BCUT2D eigenvalue weighted by molar-refractivity contribution is 4.46. The molecule has 1 fully saturated rings. The van der Waals surface area contributed by atoms with Crippen molar-refractivity contribution in [1.82, 2.24) is 5.32 Å². The minimum Gasteiger partial charge on any atom is -0.378 e. The third kappa shape index (κ3) is 26.0. The molecule has 0 radical (unpaired) electrons. The zero-order valence-corrected chi connectivity index (χ0v) is 20.1. The van der Waals surface area contributed by atoms with E-state index in [1.54, 1.807) is 0 Å². The van der Waals surface area contributed by atoms with Gasteiger partial charge < -0.3 is 52.7 Å². The molecule has 0 aromatic rings. The minimum atomic E-state index is 0.533. The minimum absolute atomic E-state index is 0.533. The summed E-state index contributed by atoms with van der Waals surface area (Å²) >= 11 is 0. The van der Waals surface area contributed by atoms with Gasteiger partial charge in [0.25, 0.3) is 0 Å². The van der Waals surface area contributed by atoms with Crippen molar-refractivity contribution in [2.75, 3.05) is 145 Å². The maximum absolute atomic E-state index is 5.50. The highest BCUT2D eigenvalue weighted by atomic mass is 16.6. The summed E-state index contributed by atoms with van der Waals surface area (Å²) in [4.78, 5) is 0. The van der Waals surface area contributed by atoms with Gasteiger partial charge in [-0.15, -0.1) is 0 Å². The van der Waals surface area contributed by atoms with E-state index in [2.05, 4.69) is 5.32 Å². The van der Waals surface area contributed by atoms with E-state index < -0.39 is 0 Å². The molecule has 0 bridgehead atoms. The Bertz CT molecular complexity index is 202. The van der Waals surface area contributed by atoms with Gasteiger partial charge >= 0.3 is 0 Å². The SMILES string of the molecule is C1COCCOCCOCCOCCOCCOCCOCCOCCOCCOCCN1. The third-order valence-corrected chi connectivity index (χ3v) is 4.19. The molecule has 0 aromatic carbocycles. The van der Waals surface area contributed by atoms with Gasteiger partial charge in [-0.05, 0) is 0 Å². The van der Waals surface area contributed by atoms with Crippen LogP contribution in [-0.2, 0) is 47.4 Å². The highest BCUT2D eigenvalue weighted by Crippen LogP contribution is 1.86. The molecule has 33 heavy (non-hydrogen) atoms. The van der Waals surface area contributed by atoms with Crippen molar-refractivity contribution in [2.24, 2.45) is 0 Å². The lowest BCUT2D eigenvalue weighted by Crippen LogP contribution is -2.25. The molecule has 0 aromatic heterocycles. The lowest BCUT2D eigenvalue weighted by molar-refractivity contribution is -0.0260. The molecule has 1 N–H and O–H groups in total. The Hall–Kier alpha value is -0.440. The van der Waals surface area contributed by atoms with E-state index in [1.807, 2.05) is 0 Å². The molecule has 0 spiro atoms. The first-order valence-electron chi connectivity index (χ1n) is 12.0. The molecule has 0 unspecified atom stereocenters. The zero-order valence-electron chi connectivity index (χ0n) is 20.1. The van der Waals surface area contributed by atoms with Crippen molar-refractivity contribution in [3.63, 3.8) is 0 Å². The summed E-state index contributed by atoms with van der Waals surface area (Å²) < 4.78 is 54.6. The fraction of sp³-hybridized carbons (Fsp3) is 1.00. The normalized spacial score (nSPS) is 24.0. The van der Waals surface area contributed by atoms with E-state index in [-0.39, 0.29) is 0 Å². The first-order chi connectivity index (χ1) is 16.5. The Labute approximate surface area is 198 Å². The molecule has 1 aliphatic heterocycles. The third-order valence-electron chi connectivity index (χ3n) is 4.19. The van der Waals surface area contributed by atoms with E-state index in [0.29, 0.717) is 132 Å². The predicted octanol–water partition coefficient (Wildman–Crippen LogP) is -0.244. The summed E-state index contributed by atoms with van der Waals surface area (Å²) in [6.45, 7) is 12.6. The second-order valence-electron chi connectivity index (χ2n) is 6.87. The summed E-state index contributed by atoms with van der Waals surface area (Å²) in [5, 5.41) is 3.26. The molecule has 198 valence electrons. The monoisotopic (exact) mass is 483 g/mol. The molecular formula is C22H45NO10. The van der Waals surface area contributed by atoms with E-state index in [4.69, 9.17) is 47.4 Å². The molecule has 0 saturated carbocycles. The maximum atomic E-state index is 5.50. The summed E-state index contributed by atoms with van der Waals surface area (Å²) in [6, 6.07) is 0. The average Bonchev–Trinajstić information content (AvgIpc) is 2.83. The standard InChI is InChI=1S/C22H45NO10/c1-3-24-5-7-26-9-11-28-13-15-30-17-19-32-21-22-33-20-18-31-16-14-29-12-10-27-8-6-25-4-2-23-1/h23H,1-22H2. The molecule has 11 heteroatoms. The Balaban J connectivity index is 2.00. The van der Waals surface area contributed by atoms with Crippen LogP contribution >= 0.6 is 0 Å². The number of hydrogen-bond donors (Lipinski definition) is 1. The summed E-state index contributed by atoms with van der Waals surface area (Å²) in [6.07, 6.45) is 0. The largest absolute Gasteiger partial charge is 0.378 e. The molecule has 0 atom stereocenters. The summed E-state index contributed by atoms with van der Waals surface area (Å²) in [5.74, 6) is 0. The molecule has 0 aliphatic carbocycles. The van der Waals surface area contributed by atoms with Crippen LogP contribution in [0.25, 0.3) is 0 Å². The zero-order chi connectivity index (χ0) is 23.3. The molecule has 1 rings (SSSR count). The van der Waals surface area contributed by atoms with Crippen LogP contribution in [0.15, 0.2) is 0 Å². The van der Waals surface area contributed by atoms with E-state index in [9.17, 15) is 0 Å². The van der Waals surface area contributed by atoms with Crippen LogP contribution in [0.5, 0.6) is 0 Å². The molecular weight excluding hydrogens is 438 g/mol. The van der Waals surface area contributed by atoms with Crippen LogP contribution in [0.2, 0.25) is 0 Å². The van der Waals surface area contributed by atoms with E-state index in [0.717, 1.165) is 13.1 Å². The molecule has 1 saturated heterocycles. The average molecular weight is 484 g/mol. The topological polar surface area (TPSA) is 104 Å². The Kier molecular flexibility index (Phi) is 25.8. The maximum Gasteiger partial charge on any atom is 0.0701 e. The number of ether oxygens (including phenoxy) is 10. The van der Waals surface area contributed by atoms with E-state index >= 15 is 0 Å². The summed E-state index contributed by atoms with van der Waals surface area (Å²) in [7, 11) is 0. The molecule has 11 nitrogen and oxygen atoms in total. The Morgan fingerprint density at radius 3 is 0.545 bits per heavy atom. The van der Waals surface area contributed by atoms with Gasteiger partial charge in [-0.25, -0.2) is 0 Å². The lowest BCUT2D eigenvalue weighted by Gasteiger charge is -2.09. The highest BCUT2D eigenvalue weighted by Gasteiger charge is 1.96. The fourth-order valence-corrected chi connectivity index (χ4v) is 2.49. The summed E-state index contributed by atoms with van der Waals surface area (Å²) in [5.41, 5.74) is 0. The van der Waals surface area contributed by atoms with Gasteiger partial charge in [-0.3, -0.25) is 0 Å². The van der Waals surface area contributed by atoms with Gasteiger partial charge in [0.2, 0.25) is 0 Å². The number of hydrogen-bond acceptors (Lipinski definition) is 11. The van der Waals surface area contributed by atoms with Crippen molar-refractivity contribution in [2.45, 2.75) is 0 Å². The van der Waals surface area contributed by atoms with E-state index in [1.165, 1.54) is 0 Å².